The molecule has 0 saturated carbocycles. The molecule has 1 aromatic rings. The summed E-state index contributed by atoms with van der Waals surface area (Å²) in [7, 11) is -3.59. The third-order valence-electron chi connectivity index (χ3n) is 4.71. The topological polar surface area (TPSA) is 72.0 Å². The molecule has 5 nitrogen and oxygen atoms in total. The Bertz CT molecular complexity index is 723. The molecule has 1 fully saturated rings. The summed E-state index contributed by atoms with van der Waals surface area (Å²) in [6.07, 6.45) is 1.61. The standard InChI is InChI=1S/C19H32N2O3S/c1-8-24-16-10-17(14(3)9-13(16)2)25(22,23)20-15-11-18(4,5)21-19(6,7)12-15/h9-10,15,20-21H,8,11-12H2,1-7H3/p+1. The molecule has 2 rings (SSSR count). The molecule has 1 aliphatic heterocycles. The van der Waals surface area contributed by atoms with Gasteiger partial charge in [0.1, 0.15) is 5.75 Å². The van der Waals surface area contributed by atoms with E-state index in [4.69, 9.17) is 4.74 Å². The van der Waals surface area contributed by atoms with Crippen LogP contribution in [0.4, 0.5) is 0 Å². The lowest BCUT2D eigenvalue weighted by Gasteiger charge is -2.43. The van der Waals surface area contributed by atoms with Gasteiger partial charge in [-0.1, -0.05) is 6.07 Å². The number of piperidine rings is 1. The minimum Gasteiger partial charge on any atom is -0.494 e. The van der Waals surface area contributed by atoms with Gasteiger partial charge >= 0.3 is 0 Å². The SMILES string of the molecule is CCOc1cc(S(=O)(=O)NC2CC(C)(C)[NH2+]C(C)(C)C2)c(C)cc1C. The maximum Gasteiger partial charge on any atom is 0.241 e. The van der Waals surface area contributed by atoms with Gasteiger partial charge in [0.15, 0.2) is 0 Å². The van der Waals surface area contributed by atoms with Crippen molar-refractivity contribution in [3.05, 3.63) is 23.3 Å². The number of ether oxygens (including phenoxy) is 1. The minimum atomic E-state index is -3.59. The fourth-order valence-corrected chi connectivity index (χ4v) is 5.78. The van der Waals surface area contributed by atoms with Crippen LogP contribution in [0.1, 0.15) is 58.6 Å². The molecule has 0 amide bonds. The first-order valence-corrected chi connectivity index (χ1v) is 10.5. The normalized spacial score (nSPS) is 20.4. The number of nitrogens with two attached hydrogens (primary N) is 1. The molecular weight excluding hydrogens is 336 g/mol. The van der Waals surface area contributed by atoms with E-state index in [1.807, 2.05) is 26.8 Å². The van der Waals surface area contributed by atoms with Crippen molar-refractivity contribution in [3.63, 3.8) is 0 Å². The van der Waals surface area contributed by atoms with Crippen molar-refractivity contribution in [2.24, 2.45) is 0 Å². The van der Waals surface area contributed by atoms with E-state index in [1.54, 1.807) is 6.07 Å². The number of benzene rings is 1. The maximum atomic E-state index is 13.0. The number of rotatable bonds is 5. The summed E-state index contributed by atoms with van der Waals surface area (Å²) in [5.41, 5.74) is 1.71. The molecule has 1 aromatic carbocycles. The maximum absolute atomic E-state index is 13.0. The molecule has 6 heteroatoms. The highest BCUT2D eigenvalue weighted by Crippen LogP contribution is 2.28. The third kappa shape index (κ3) is 4.96. The quantitative estimate of drug-likeness (QED) is 0.836. The molecule has 0 aliphatic carbocycles. The fourth-order valence-electron chi connectivity index (χ4n) is 4.30. The van der Waals surface area contributed by atoms with Gasteiger partial charge in [-0.05, 0) is 59.6 Å². The Balaban J connectivity index is 2.32. The van der Waals surface area contributed by atoms with Crippen LogP contribution in [-0.4, -0.2) is 32.1 Å². The van der Waals surface area contributed by atoms with Crippen molar-refractivity contribution in [1.82, 2.24) is 4.72 Å². The van der Waals surface area contributed by atoms with Crippen molar-refractivity contribution in [2.45, 2.75) is 83.3 Å². The summed E-state index contributed by atoms with van der Waals surface area (Å²) in [6, 6.07) is 3.46. The molecule has 0 aromatic heterocycles. The van der Waals surface area contributed by atoms with Gasteiger partial charge < -0.3 is 10.1 Å². The van der Waals surface area contributed by atoms with Crippen LogP contribution in [0.2, 0.25) is 0 Å². The monoisotopic (exact) mass is 369 g/mol. The van der Waals surface area contributed by atoms with Crippen LogP contribution >= 0.6 is 0 Å². The number of hydrogen-bond acceptors (Lipinski definition) is 3. The first kappa shape index (κ1) is 20.2. The van der Waals surface area contributed by atoms with Crippen molar-refractivity contribution in [1.29, 1.82) is 0 Å². The van der Waals surface area contributed by atoms with Gasteiger partial charge in [0.2, 0.25) is 10.0 Å². The van der Waals surface area contributed by atoms with E-state index >= 15 is 0 Å². The zero-order valence-electron chi connectivity index (χ0n) is 16.6. The van der Waals surface area contributed by atoms with Crippen molar-refractivity contribution in [3.8, 4) is 5.75 Å². The predicted molar refractivity (Wildman–Crippen MR) is 101 cm³/mol. The van der Waals surface area contributed by atoms with Crippen LogP contribution in [-0.2, 0) is 10.0 Å². The lowest BCUT2D eigenvalue weighted by Crippen LogP contribution is -3.06. The Morgan fingerprint density at radius 3 is 2.20 bits per heavy atom. The molecule has 0 spiro atoms. The summed E-state index contributed by atoms with van der Waals surface area (Å²) in [6.45, 7) is 14.8. The largest absolute Gasteiger partial charge is 0.494 e. The first-order valence-electron chi connectivity index (χ1n) is 8.99. The Morgan fingerprint density at radius 2 is 1.68 bits per heavy atom. The molecule has 3 N–H and O–H groups in total. The lowest BCUT2D eigenvalue weighted by molar-refractivity contribution is -0.787. The average molecular weight is 370 g/mol. The predicted octanol–water partition coefficient (Wildman–Crippen LogP) is 2.26. The second-order valence-corrected chi connectivity index (χ2v) is 10.3. The number of aryl methyl sites for hydroxylation is 2. The second kappa shape index (κ2) is 6.89. The van der Waals surface area contributed by atoms with E-state index in [2.05, 4.69) is 37.7 Å². The van der Waals surface area contributed by atoms with Crippen molar-refractivity contribution < 1.29 is 18.5 Å². The Kier molecular flexibility index (Phi) is 5.57. The van der Waals surface area contributed by atoms with E-state index in [0.717, 1.165) is 24.0 Å². The van der Waals surface area contributed by atoms with Gasteiger partial charge in [-0.15, -0.1) is 0 Å². The zero-order valence-corrected chi connectivity index (χ0v) is 17.4. The van der Waals surface area contributed by atoms with Gasteiger partial charge in [-0.3, -0.25) is 0 Å². The van der Waals surface area contributed by atoms with Crippen LogP contribution in [0.3, 0.4) is 0 Å². The number of quaternary nitrogens is 1. The van der Waals surface area contributed by atoms with Gasteiger partial charge in [0.05, 0.1) is 22.6 Å². The average Bonchev–Trinajstić information content (AvgIpc) is 2.37. The molecule has 1 aliphatic rings. The van der Waals surface area contributed by atoms with Gasteiger partial charge in [-0.2, -0.15) is 0 Å². The van der Waals surface area contributed by atoms with E-state index in [0.29, 0.717) is 17.3 Å². The highest BCUT2D eigenvalue weighted by molar-refractivity contribution is 7.89. The molecule has 1 saturated heterocycles. The number of sulfonamides is 1. The van der Waals surface area contributed by atoms with Crippen molar-refractivity contribution in [2.75, 3.05) is 6.61 Å². The van der Waals surface area contributed by atoms with Crippen LogP contribution in [0.25, 0.3) is 0 Å². The molecule has 0 unspecified atom stereocenters. The molecule has 0 bridgehead atoms. The molecule has 0 atom stereocenters. The highest BCUT2D eigenvalue weighted by atomic mass is 32.2. The highest BCUT2D eigenvalue weighted by Gasteiger charge is 2.43. The summed E-state index contributed by atoms with van der Waals surface area (Å²) < 4.78 is 34.6. The smallest absolute Gasteiger partial charge is 0.241 e. The third-order valence-corrected chi connectivity index (χ3v) is 6.37. The van der Waals surface area contributed by atoms with E-state index < -0.39 is 10.0 Å². The number of nitrogens with one attached hydrogen (secondary N) is 1. The molecule has 1 heterocycles. The van der Waals surface area contributed by atoms with Gasteiger partial charge in [0.25, 0.3) is 0 Å². The first-order chi connectivity index (χ1) is 11.4. The molecular formula is C19H33N2O3S+. The lowest BCUT2D eigenvalue weighted by atomic mass is 9.80. The molecule has 142 valence electrons. The van der Waals surface area contributed by atoms with E-state index in [-0.39, 0.29) is 17.1 Å². The minimum absolute atomic E-state index is 0.00768. The number of hydrogen-bond donors (Lipinski definition) is 2. The van der Waals surface area contributed by atoms with Crippen molar-refractivity contribution >= 4 is 10.0 Å². The molecule has 25 heavy (non-hydrogen) atoms. The van der Waals surface area contributed by atoms with Crippen LogP contribution in [0.5, 0.6) is 5.75 Å². The summed E-state index contributed by atoms with van der Waals surface area (Å²) in [5.74, 6) is 0.631. The Labute approximate surface area is 152 Å². The van der Waals surface area contributed by atoms with Crippen LogP contribution in [0, 0.1) is 13.8 Å². The zero-order chi connectivity index (χ0) is 19.0. The van der Waals surface area contributed by atoms with E-state index in [9.17, 15) is 8.42 Å². The Hall–Kier alpha value is -1.11. The van der Waals surface area contributed by atoms with E-state index in [1.165, 1.54) is 0 Å². The summed E-state index contributed by atoms with van der Waals surface area (Å²) >= 11 is 0. The Morgan fingerprint density at radius 1 is 1.12 bits per heavy atom. The fraction of sp³-hybridized carbons (Fsp3) is 0.684. The van der Waals surface area contributed by atoms with Gasteiger partial charge in [0, 0.05) is 24.9 Å². The molecule has 0 radical (unpaired) electrons. The summed E-state index contributed by atoms with van der Waals surface area (Å²) in [5, 5.41) is 2.34. The van der Waals surface area contributed by atoms with Crippen LogP contribution in [0.15, 0.2) is 17.0 Å². The summed E-state index contributed by atoms with van der Waals surface area (Å²) in [4.78, 5) is 0.312. The second-order valence-electron chi connectivity index (χ2n) is 8.66. The van der Waals surface area contributed by atoms with Crippen LogP contribution < -0.4 is 14.8 Å². The van der Waals surface area contributed by atoms with Gasteiger partial charge in [-0.25, -0.2) is 13.1 Å².